The van der Waals surface area contributed by atoms with E-state index in [1.54, 1.807) is 0 Å². The van der Waals surface area contributed by atoms with Crippen molar-refractivity contribution in [3.05, 3.63) is 47.1 Å². The predicted octanol–water partition coefficient (Wildman–Crippen LogP) is 4.78. The molecule has 4 heterocycles. The molecule has 5 nitrogen and oxygen atoms in total. The standard InChI is InChI=1S/C24H26ClN5/c1-28-9-2-10-29(12-11-28)23-8-6-19-24(27-23)30-21-7-5-18(25)14-17(21)15-22(30)20(26-19)13-16-3-4-16/h5-8,14-16H,2-4,9-13H2,1H3. The third-order valence-electron chi connectivity index (χ3n) is 6.59. The molecule has 4 aromatic rings. The molecule has 0 unspecified atom stereocenters. The van der Waals surface area contributed by atoms with Crippen LogP contribution in [0.3, 0.4) is 0 Å². The van der Waals surface area contributed by atoms with Gasteiger partial charge in [0.15, 0.2) is 5.65 Å². The highest BCUT2D eigenvalue weighted by Crippen LogP contribution is 2.36. The van der Waals surface area contributed by atoms with Gasteiger partial charge in [0.2, 0.25) is 0 Å². The lowest BCUT2D eigenvalue weighted by Crippen LogP contribution is -2.29. The number of rotatable bonds is 3. The van der Waals surface area contributed by atoms with Crippen molar-refractivity contribution in [2.24, 2.45) is 5.92 Å². The number of hydrogen-bond donors (Lipinski definition) is 0. The van der Waals surface area contributed by atoms with Crippen LogP contribution in [0.1, 0.15) is 25.0 Å². The zero-order chi connectivity index (χ0) is 20.2. The number of fused-ring (bicyclic) bond motifs is 5. The molecule has 1 saturated carbocycles. The quantitative estimate of drug-likeness (QED) is 0.478. The monoisotopic (exact) mass is 419 g/mol. The van der Waals surface area contributed by atoms with E-state index in [0.717, 1.165) is 77.8 Å². The summed E-state index contributed by atoms with van der Waals surface area (Å²) >= 11 is 6.30. The summed E-state index contributed by atoms with van der Waals surface area (Å²) < 4.78 is 2.30. The minimum Gasteiger partial charge on any atom is -0.355 e. The molecule has 2 aliphatic rings. The molecule has 0 bridgehead atoms. The molecular weight excluding hydrogens is 394 g/mol. The van der Waals surface area contributed by atoms with Gasteiger partial charge < -0.3 is 9.80 Å². The van der Waals surface area contributed by atoms with Gasteiger partial charge in [-0.05, 0) is 81.6 Å². The van der Waals surface area contributed by atoms with Gasteiger partial charge in [-0.15, -0.1) is 0 Å². The first-order valence-electron chi connectivity index (χ1n) is 11.0. The summed E-state index contributed by atoms with van der Waals surface area (Å²) in [5.41, 5.74) is 5.42. The normalized spacial score (nSPS) is 18.5. The summed E-state index contributed by atoms with van der Waals surface area (Å²) in [7, 11) is 2.20. The van der Waals surface area contributed by atoms with E-state index < -0.39 is 0 Å². The number of hydrogen-bond acceptors (Lipinski definition) is 4. The number of likely N-dealkylation sites (N-methyl/N-ethyl adjacent to an activating group) is 1. The van der Waals surface area contributed by atoms with Crippen molar-refractivity contribution in [3.63, 3.8) is 0 Å². The molecule has 1 aliphatic carbocycles. The van der Waals surface area contributed by atoms with E-state index in [2.05, 4.69) is 45.5 Å². The molecule has 1 aromatic carbocycles. The van der Waals surface area contributed by atoms with Gasteiger partial charge in [-0.3, -0.25) is 4.40 Å². The molecule has 2 fully saturated rings. The Hall–Kier alpha value is -2.37. The van der Waals surface area contributed by atoms with Crippen LogP contribution in [0.25, 0.3) is 27.6 Å². The molecule has 0 N–H and O–H groups in total. The fraction of sp³-hybridized carbons (Fsp3) is 0.417. The molecular formula is C24H26ClN5. The lowest BCUT2D eigenvalue weighted by molar-refractivity contribution is 0.360. The van der Waals surface area contributed by atoms with Gasteiger partial charge in [-0.25, -0.2) is 9.97 Å². The van der Waals surface area contributed by atoms with Crippen molar-refractivity contribution >= 4 is 45.0 Å². The van der Waals surface area contributed by atoms with Crippen molar-refractivity contribution in [3.8, 4) is 0 Å². The highest BCUT2D eigenvalue weighted by Gasteiger charge is 2.25. The first-order chi connectivity index (χ1) is 14.7. The highest BCUT2D eigenvalue weighted by molar-refractivity contribution is 6.31. The van der Waals surface area contributed by atoms with Gasteiger partial charge in [0, 0.05) is 30.0 Å². The van der Waals surface area contributed by atoms with Gasteiger partial charge >= 0.3 is 0 Å². The Bertz CT molecular complexity index is 1260. The maximum absolute atomic E-state index is 6.30. The second-order valence-electron chi connectivity index (χ2n) is 8.93. The summed E-state index contributed by atoms with van der Waals surface area (Å²) in [6, 6.07) is 12.7. The molecule has 154 valence electrons. The Morgan fingerprint density at radius 2 is 1.87 bits per heavy atom. The molecule has 6 rings (SSSR count). The zero-order valence-electron chi connectivity index (χ0n) is 17.3. The Morgan fingerprint density at radius 3 is 2.73 bits per heavy atom. The SMILES string of the molecule is CN1CCCN(c2ccc3nc(CC4CC4)c4cc5cc(Cl)ccc5n4c3n2)CC1. The lowest BCUT2D eigenvalue weighted by atomic mass is 10.2. The number of anilines is 1. The number of aromatic nitrogens is 3. The van der Waals surface area contributed by atoms with E-state index in [-0.39, 0.29) is 0 Å². The maximum atomic E-state index is 6.30. The molecule has 1 saturated heterocycles. The molecule has 6 heteroatoms. The van der Waals surface area contributed by atoms with Crippen molar-refractivity contribution in [2.75, 3.05) is 38.1 Å². The molecule has 3 aromatic heterocycles. The van der Waals surface area contributed by atoms with E-state index in [4.69, 9.17) is 21.6 Å². The van der Waals surface area contributed by atoms with Crippen LogP contribution in [0.2, 0.25) is 5.02 Å². The van der Waals surface area contributed by atoms with E-state index in [1.807, 2.05) is 12.1 Å². The van der Waals surface area contributed by atoms with E-state index >= 15 is 0 Å². The predicted molar refractivity (Wildman–Crippen MR) is 124 cm³/mol. The number of nitrogens with zero attached hydrogens (tertiary/aromatic N) is 5. The molecule has 0 amide bonds. The van der Waals surface area contributed by atoms with Crippen LogP contribution in [0, 0.1) is 5.92 Å². The molecule has 30 heavy (non-hydrogen) atoms. The van der Waals surface area contributed by atoms with Gasteiger partial charge in [0.25, 0.3) is 0 Å². The summed E-state index contributed by atoms with van der Waals surface area (Å²) in [6.45, 7) is 4.26. The largest absolute Gasteiger partial charge is 0.355 e. The van der Waals surface area contributed by atoms with Gasteiger partial charge in [-0.2, -0.15) is 0 Å². The average molecular weight is 420 g/mol. The molecule has 0 atom stereocenters. The van der Waals surface area contributed by atoms with Crippen LogP contribution in [-0.4, -0.2) is 52.5 Å². The minimum absolute atomic E-state index is 0.766. The van der Waals surface area contributed by atoms with Crippen LogP contribution in [-0.2, 0) is 6.42 Å². The molecule has 0 spiro atoms. The fourth-order valence-electron chi connectivity index (χ4n) is 4.71. The van der Waals surface area contributed by atoms with Gasteiger partial charge in [-0.1, -0.05) is 11.6 Å². The Morgan fingerprint density at radius 1 is 0.967 bits per heavy atom. The lowest BCUT2D eigenvalue weighted by Gasteiger charge is -2.22. The van der Waals surface area contributed by atoms with E-state index in [0.29, 0.717) is 0 Å². The summed E-state index contributed by atoms with van der Waals surface area (Å²) in [5.74, 6) is 1.83. The van der Waals surface area contributed by atoms with Crippen LogP contribution < -0.4 is 4.90 Å². The summed E-state index contributed by atoms with van der Waals surface area (Å²) in [5, 5.41) is 1.92. The highest BCUT2D eigenvalue weighted by atomic mass is 35.5. The van der Waals surface area contributed by atoms with E-state index in [9.17, 15) is 0 Å². The second kappa shape index (κ2) is 7.10. The maximum Gasteiger partial charge on any atom is 0.166 e. The smallest absolute Gasteiger partial charge is 0.166 e. The van der Waals surface area contributed by atoms with Crippen LogP contribution in [0.4, 0.5) is 5.82 Å². The van der Waals surface area contributed by atoms with Crippen molar-refractivity contribution in [1.29, 1.82) is 0 Å². The number of pyridine rings is 1. The first-order valence-corrected chi connectivity index (χ1v) is 11.4. The first kappa shape index (κ1) is 18.4. The Labute approximate surface area is 181 Å². The second-order valence-corrected chi connectivity index (χ2v) is 9.37. The van der Waals surface area contributed by atoms with Gasteiger partial charge in [0.1, 0.15) is 11.3 Å². The zero-order valence-corrected chi connectivity index (χ0v) is 18.1. The van der Waals surface area contributed by atoms with Crippen LogP contribution in [0.5, 0.6) is 0 Å². The topological polar surface area (TPSA) is 36.7 Å². The van der Waals surface area contributed by atoms with Crippen molar-refractivity contribution in [2.45, 2.75) is 25.7 Å². The third-order valence-corrected chi connectivity index (χ3v) is 6.82. The van der Waals surface area contributed by atoms with Crippen molar-refractivity contribution in [1.82, 2.24) is 19.3 Å². The third kappa shape index (κ3) is 3.21. The summed E-state index contributed by atoms with van der Waals surface area (Å²) in [4.78, 5) is 15.0. The molecule has 0 radical (unpaired) electrons. The number of halogens is 1. The van der Waals surface area contributed by atoms with Gasteiger partial charge in [0.05, 0.1) is 16.7 Å². The molecule has 1 aliphatic heterocycles. The van der Waals surface area contributed by atoms with Crippen LogP contribution in [0.15, 0.2) is 36.4 Å². The van der Waals surface area contributed by atoms with Crippen molar-refractivity contribution < 1.29 is 0 Å². The minimum atomic E-state index is 0.766. The van der Waals surface area contributed by atoms with Crippen LogP contribution >= 0.6 is 11.6 Å². The fourth-order valence-corrected chi connectivity index (χ4v) is 4.89. The summed E-state index contributed by atoms with van der Waals surface area (Å²) in [6.07, 6.45) is 4.84. The average Bonchev–Trinajstić information content (AvgIpc) is 3.51. The van der Waals surface area contributed by atoms with E-state index in [1.165, 1.54) is 24.1 Å². The Balaban J connectivity index is 1.56. The Kier molecular flexibility index (Phi) is 4.36. The number of benzene rings is 1.